The Balaban J connectivity index is 1.60. The molecule has 2 aromatic heterocycles. The molecule has 1 fully saturated rings. The number of rotatable bonds is 4. The van der Waals surface area contributed by atoms with Crippen LogP contribution in [0.2, 0.25) is 0 Å². The molecule has 3 heterocycles. The predicted molar refractivity (Wildman–Crippen MR) is 89.6 cm³/mol. The van der Waals surface area contributed by atoms with Gasteiger partial charge in [-0.1, -0.05) is 6.07 Å². The number of aryl methyl sites for hydroxylation is 1. The zero-order valence-corrected chi connectivity index (χ0v) is 13.8. The lowest BCUT2D eigenvalue weighted by molar-refractivity contribution is 0.0618. The van der Waals surface area contributed by atoms with Gasteiger partial charge in [0.2, 0.25) is 0 Å². The number of hydrogen-bond donors (Lipinski definition) is 0. The van der Waals surface area contributed by atoms with Gasteiger partial charge in [-0.2, -0.15) is 5.10 Å². The summed E-state index contributed by atoms with van der Waals surface area (Å²) < 4.78 is 1.31. The average Bonchev–Trinajstić information content (AvgIpc) is 2.63. The van der Waals surface area contributed by atoms with Crippen LogP contribution in [-0.4, -0.2) is 56.7 Å². The molecule has 1 saturated heterocycles. The van der Waals surface area contributed by atoms with Gasteiger partial charge < -0.3 is 4.90 Å². The number of carbonyl (C=O) groups is 1. The molecule has 0 radical (unpaired) electrons. The molecule has 7 nitrogen and oxygen atoms in total. The van der Waals surface area contributed by atoms with Gasteiger partial charge in [0.15, 0.2) is 0 Å². The van der Waals surface area contributed by atoms with Crippen molar-refractivity contribution in [2.75, 3.05) is 26.2 Å². The number of amides is 1. The van der Waals surface area contributed by atoms with E-state index in [0.717, 1.165) is 25.3 Å². The lowest BCUT2D eigenvalue weighted by Crippen LogP contribution is -2.48. The lowest BCUT2D eigenvalue weighted by atomic mass is 10.2. The van der Waals surface area contributed by atoms with Gasteiger partial charge >= 0.3 is 0 Å². The minimum Gasteiger partial charge on any atom is -0.335 e. The second-order valence-corrected chi connectivity index (χ2v) is 5.76. The van der Waals surface area contributed by atoms with E-state index in [-0.39, 0.29) is 11.5 Å². The Morgan fingerprint density at radius 3 is 2.58 bits per heavy atom. The highest BCUT2D eigenvalue weighted by molar-refractivity contribution is 5.92. The van der Waals surface area contributed by atoms with E-state index in [1.54, 1.807) is 11.1 Å². The van der Waals surface area contributed by atoms with Crippen molar-refractivity contribution < 1.29 is 4.79 Å². The summed E-state index contributed by atoms with van der Waals surface area (Å²) in [6.07, 6.45) is 1.80. The van der Waals surface area contributed by atoms with Crippen LogP contribution in [0.5, 0.6) is 0 Å². The fourth-order valence-electron chi connectivity index (χ4n) is 2.78. The van der Waals surface area contributed by atoms with E-state index in [4.69, 9.17) is 0 Å². The Morgan fingerprint density at radius 2 is 1.92 bits per heavy atom. The molecule has 2 aromatic rings. The molecule has 126 valence electrons. The SMILES string of the molecule is CCn1nc(C(=O)N2CCN(Cc3ccccn3)CC2)ccc1=O. The van der Waals surface area contributed by atoms with E-state index in [0.29, 0.717) is 25.3 Å². The maximum atomic E-state index is 12.6. The summed E-state index contributed by atoms with van der Waals surface area (Å²) in [7, 11) is 0. The first-order chi connectivity index (χ1) is 11.7. The third-order valence-electron chi connectivity index (χ3n) is 4.16. The normalized spacial score (nSPS) is 15.5. The molecular formula is C17H21N5O2. The fraction of sp³-hybridized carbons (Fsp3) is 0.412. The molecule has 3 rings (SSSR count). The van der Waals surface area contributed by atoms with Gasteiger partial charge in [-0.15, -0.1) is 0 Å². The van der Waals surface area contributed by atoms with Crippen LogP contribution in [0.1, 0.15) is 23.1 Å². The highest BCUT2D eigenvalue weighted by atomic mass is 16.2. The van der Waals surface area contributed by atoms with E-state index in [1.807, 2.05) is 25.1 Å². The predicted octanol–water partition coefficient (Wildman–Crippen LogP) is 0.616. The summed E-state index contributed by atoms with van der Waals surface area (Å²) in [5.74, 6) is -0.116. The number of nitrogens with zero attached hydrogens (tertiary/aromatic N) is 5. The number of piperazine rings is 1. The molecule has 0 N–H and O–H groups in total. The van der Waals surface area contributed by atoms with E-state index < -0.39 is 0 Å². The molecule has 0 atom stereocenters. The quantitative estimate of drug-likeness (QED) is 0.823. The highest BCUT2D eigenvalue weighted by Crippen LogP contribution is 2.09. The molecule has 0 unspecified atom stereocenters. The van der Waals surface area contributed by atoms with Crippen LogP contribution >= 0.6 is 0 Å². The van der Waals surface area contributed by atoms with Crippen molar-refractivity contribution in [3.05, 3.63) is 58.3 Å². The second-order valence-electron chi connectivity index (χ2n) is 5.76. The van der Waals surface area contributed by atoms with Crippen molar-refractivity contribution in [3.63, 3.8) is 0 Å². The van der Waals surface area contributed by atoms with Crippen LogP contribution in [0, 0.1) is 0 Å². The number of carbonyl (C=O) groups excluding carboxylic acids is 1. The number of hydrogen-bond acceptors (Lipinski definition) is 5. The Morgan fingerprint density at radius 1 is 1.12 bits per heavy atom. The fourth-order valence-corrected chi connectivity index (χ4v) is 2.78. The molecule has 0 aromatic carbocycles. The first-order valence-corrected chi connectivity index (χ1v) is 8.17. The van der Waals surface area contributed by atoms with Gasteiger partial charge in [-0.05, 0) is 25.1 Å². The van der Waals surface area contributed by atoms with E-state index in [2.05, 4.69) is 15.0 Å². The second kappa shape index (κ2) is 7.35. The van der Waals surface area contributed by atoms with Crippen molar-refractivity contribution in [2.45, 2.75) is 20.0 Å². The number of aromatic nitrogens is 3. The summed E-state index contributed by atoms with van der Waals surface area (Å²) >= 11 is 0. The van der Waals surface area contributed by atoms with Crippen LogP contribution in [-0.2, 0) is 13.1 Å². The van der Waals surface area contributed by atoms with E-state index in [1.165, 1.54) is 16.8 Å². The van der Waals surface area contributed by atoms with Gasteiger partial charge in [-0.3, -0.25) is 19.5 Å². The first kappa shape index (κ1) is 16.3. The molecule has 0 bridgehead atoms. The summed E-state index contributed by atoms with van der Waals surface area (Å²) in [5.41, 5.74) is 1.18. The number of pyridine rings is 1. The molecule has 7 heteroatoms. The summed E-state index contributed by atoms with van der Waals surface area (Å²) in [4.78, 5) is 32.6. The van der Waals surface area contributed by atoms with Crippen molar-refractivity contribution in [3.8, 4) is 0 Å². The maximum absolute atomic E-state index is 12.6. The summed E-state index contributed by atoms with van der Waals surface area (Å²) in [6.45, 7) is 5.99. The Bertz CT molecular complexity index is 751. The molecule has 24 heavy (non-hydrogen) atoms. The molecule has 0 spiro atoms. The molecular weight excluding hydrogens is 306 g/mol. The smallest absolute Gasteiger partial charge is 0.274 e. The Labute approximate surface area is 140 Å². The molecule has 1 aliphatic heterocycles. The zero-order valence-electron chi connectivity index (χ0n) is 13.8. The third kappa shape index (κ3) is 3.68. The average molecular weight is 327 g/mol. The molecule has 0 aliphatic carbocycles. The van der Waals surface area contributed by atoms with E-state index in [9.17, 15) is 9.59 Å². The maximum Gasteiger partial charge on any atom is 0.274 e. The monoisotopic (exact) mass is 327 g/mol. The largest absolute Gasteiger partial charge is 0.335 e. The Kier molecular flexibility index (Phi) is 5.00. The highest BCUT2D eigenvalue weighted by Gasteiger charge is 2.23. The van der Waals surface area contributed by atoms with Gasteiger partial charge in [-0.25, -0.2) is 4.68 Å². The minimum atomic E-state index is -0.186. The van der Waals surface area contributed by atoms with Crippen LogP contribution in [0.25, 0.3) is 0 Å². The summed E-state index contributed by atoms with van der Waals surface area (Å²) in [5, 5.41) is 4.14. The van der Waals surface area contributed by atoms with E-state index >= 15 is 0 Å². The summed E-state index contributed by atoms with van der Waals surface area (Å²) in [6, 6.07) is 8.81. The molecule has 0 saturated carbocycles. The van der Waals surface area contributed by atoms with Crippen molar-refractivity contribution >= 4 is 5.91 Å². The molecule has 1 amide bonds. The first-order valence-electron chi connectivity index (χ1n) is 8.17. The van der Waals surface area contributed by atoms with Crippen molar-refractivity contribution in [1.82, 2.24) is 24.6 Å². The standard InChI is InChI=1S/C17H21N5O2/c1-2-22-16(23)7-6-15(19-22)17(24)21-11-9-20(10-12-21)13-14-5-3-4-8-18-14/h3-8H,2,9-13H2,1H3. The third-order valence-corrected chi connectivity index (χ3v) is 4.16. The topological polar surface area (TPSA) is 71.3 Å². The van der Waals surface area contributed by atoms with Gasteiger partial charge in [0.05, 0.1) is 5.69 Å². The van der Waals surface area contributed by atoms with Crippen molar-refractivity contribution in [1.29, 1.82) is 0 Å². The molecule has 1 aliphatic rings. The Hall–Kier alpha value is -2.54. The zero-order chi connectivity index (χ0) is 16.9. The van der Waals surface area contributed by atoms with Crippen LogP contribution in [0.15, 0.2) is 41.3 Å². The van der Waals surface area contributed by atoms with Crippen LogP contribution < -0.4 is 5.56 Å². The minimum absolute atomic E-state index is 0.116. The lowest BCUT2D eigenvalue weighted by Gasteiger charge is -2.34. The van der Waals surface area contributed by atoms with Crippen LogP contribution in [0.4, 0.5) is 0 Å². The van der Waals surface area contributed by atoms with Crippen molar-refractivity contribution in [2.24, 2.45) is 0 Å². The van der Waals surface area contributed by atoms with Crippen LogP contribution in [0.3, 0.4) is 0 Å². The van der Waals surface area contributed by atoms with Gasteiger partial charge in [0, 0.05) is 51.5 Å². The van der Waals surface area contributed by atoms with Gasteiger partial charge in [0.1, 0.15) is 5.69 Å². The van der Waals surface area contributed by atoms with Gasteiger partial charge in [0.25, 0.3) is 11.5 Å².